The minimum Gasteiger partial charge on any atom is -0.496 e. The number of ether oxygens (including phenoxy) is 3. The summed E-state index contributed by atoms with van der Waals surface area (Å²) in [6.07, 6.45) is 0.536. The number of nitrogens with one attached hydrogen (secondary N) is 3. The monoisotopic (exact) mass is 497 g/mol. The van der Waals surface area contributed by atoms with Gasteiger partial charge in [0.1, 0.15) is 22.1 Å². The summed E-state index contributed by atoms with van der Waals surface area (Å²) < 4.78 is 43.5. The normalized spacial score (nSPS) is 15.0. The smallest absolute Gasteiger partial charge is 0.328 e. The largest absolute Gasteiger partial charge is 0.496 e. The standard InChI is InChI=1S/C21H24ClN3O7S/c1-23-21(27)25-33(28,29)19-9-14-12(6-7-32-17(14)10-18(19)31-3)11-24-20(26)15-8-13(22)4-5-16(15)30-2/h4-5,8-10,12H,6-7,11H2,1-3H3,(H,24,26)(H2,23,25,27)/t12-/m0/s1. The molecule has 10 nitrogen and oxygen atoms in total. The molecule has 0 unspecified atom stereocenters. The molecule has 3 rings (SSSR count). The van der Waals surface area contributed by atoms with Crippen LogP contribution in [0.4, 0.5) is 4.79 Å². The molecule has 1 heterocycles. The van der Waals surface area contributed by atoms with Gasteiger partial charge in [0.25, 0.3) is 15.9 Å². The van der Waals surface area contributed by atoms with Crippen molar-refractivity contribution in [2.75, 3.05) is 34.4 Å². The van der Waals surface area contributed by atoms with Gasteiger partial charge in [0, 0.05) is 36.2 Å². The van der Waals surface area contributed by atoms with Crippen molar-refractivity contribution in [2.45, 2.75) is 17.2 Å². The average molecular weight is 498 g/mol. The van der Waals surface area contributed by atoms with Gasteiger partial charge in [0.05, 0.1) is 26.4 Å². The predicted molar refractivity (Wildman–Crippen MR) is 121 cm³/mol. The minimum atomic E-state index is -4.22. The SMILES string of the molecule is CNC(=O)NS(=O)(=O)c1cc2c(cc1OC)OCC[C@H]2CNC(=O)c1cc(Cl)ccc1OC. The topological polar surface area (TPSA) is 132 Å². The van der Waals surface area contributed by atoms with Crippen LogP contribution in [0.15, 0.2) is 35.2 Å². The van der Waals surface area contributed by atoms with Crippen LogP contribution in [0, 0.1) is 0 Å². The molecule has 0 aliphatic carbocycles. The number of carbonyl (C=O) groups is 2. The second kappa shape index (κ2) is 10.2. The zero-order chi connectivity index (χ0) is 24.2. The maximum absolute atomic E-state index is 12.8. The maximum Gasteiger partial charge on any atom is 0.328 e. The zero-order valence-corrected chi connectivity index (χ0v) is 19.8. The molecule has 3 amide bonds. The predicted octanol–water partition coefficient (Wildman–Crippen LogP) is 2.27. The molecule has 0 radical (unpaired) electrons. The quantitative estimate of drug-likeness (QED) is 0.534. The van der Waals surface area contributed by atoms with Crippen molar-refractivity contribution >= 4 is 33.6 Å². The van der Waals surface area contributed by atoms with Gasteiger partial charge in [0.15, 0.2) is 0 Å². The third-order valence-corrected chi connectivity index (χ3v) is 6.71. The number of fused-ring (bicyclic) bond motifs is 1. The van der Waals surface area contributed by atoms with Gasteiger partial charge in [-0.3, -0.25) is 4.79 Å². The van der Waals surface area contributed by atoms with Crippen LogP contribution in [0.1, 0.15) is 28.3 Å². The van der Waals surface area contributed by atoms with Crippen molar-refractivity contribution in [3.8, 4) is 17.2 Å². The highest BCUT2D eigenvalue weighted by Crippen LogP contribution is 2.40. The fourth-order valence-corrected chi connectivity index (χ4v) is 4.76. The number of urea groups is 1. The van der Waals surface area contributed by atoms with Crippen molar-refractivity contribution < 1.29 is 32.2 Å². The maximum atomic E-state index is 12.8. The molecule has 0 saturated carbocycles. The van der Waals surface area contributed by atoms with Gasteiger partial charge in [-0.2, -0.15) is 0 Å². The van der Waals surface area contributed by atoms with Crippen molar-refractivity contribution in [3.05, 3.63) is 46.5 Å². The molecule has 178 valence electrons. The summed E-state index contributed by atoms with van der Waals surface area (Å²) in [6, 6.07) is 6.70. The van der Waals surface area contributed by atoms with Gasteiger partial charge in [-0.1, -0.05) is 11.6 Å². The molecule has 12 heteroatoms. The molecule has 1 aliphatic rings. The first-order valence-electron chi connectivity index (χ1n) is 9.91. The van der Waals surface area contributed by atoms with Crippen molar-refractivity contribution in [1.29, 1.82) is 0 Å². The van der Waals surface area contributed by atoms with E-state index in [1.807, 2.05) is 4.72 Å². The number of carbonyl (C=O) groups excluding carboxylic acids is 2. The number of methoxy groups -OCH3 is 2. The van der Waals surface area contributed by atoms with Crippen molar-refractivity contribution in [2.24, 2.45) is 0 Å². The Balaban J connectivity index is 1.89. The van der Waals surface area contributed by atoms with Gasteiger partial charge < -0.3 is 24.8 Å². The molecular formula is C21H24ClN3O7S. The van der Waals surface area contributed by atoms with Gasteiger partial charge in [-0.15, -0.1) is 0 Å². The van der Waals surface area contributed by atoms with Crippen LogP contribution in [-0.4, -0.2) is 54.8 Å². The summed E-state index contributed by atoms with van der Waals surface area (Å²) in [7, 11) is -0.144. The van der Waals surface area contributed by atoms with E-state index in [1.165, 1.54) is 39.5 Å². The Labute approximate surface area is 196 Å². The van der Waals surface area contributed by atoms with E-state index in [4.69, 9.17) is 25.8 Å². The van der Waals surface area contributed by atoms with Crippen LogP contribution in [0.2, 0.25) is 5.02 Å². The van der Waals surface area contributed by atoms with Gasteiger partial charge in [-0.05, 0) is 30.7 Å². The number of sulfonamides is 1. The molecule has 0 spiro atoms. The summed E-state index contributed by atoms with van der Waals surface area (Å²) in [5, 5.41) is 5.44. The molecule has 2 aromatic carbocycles. The summed E-state index contributed by atoms with van der Waals surface area (Å²) in [6.45, 7) is 0.583. The highest BCUT2D eigenvalue weighted by molar-refractivity contribution is 7.90. The van der Waals surface area contributed by atoms with Gasteiger partial charge >= 0.3 is 6.03 Å². The lowest BCUT2D eigenvalue weighted by Gasteiger charge is -2.27. The second-order valence-corrected chi connectivity index (χ2v) is 9.20. The first kappa shape index (κ1) is 24.5. The molecule has 1 aliphatic heterocycles. The lowest BCUT2D eigenvalue weighted by Crippen LogP contribution is -2.37. The Bertz CT molecular complexity index is 1170. The van der Waals surface area contributed by atoms with E-state index in [-0.39, 0.29) is 34.6 Å². The molecule has 2 aromatic rings. The molecule has 3 N–H and O–H groups in total. The number of hydrogen-bond donors (Lipinski definition) is 3. The van der Waals surface area contributed by atoms with E-state index in [0.29, 0.717) is 35.1 Å². The van der Waals surface area contributed by atoms with Crippen LogP contribution in [-0.2, 0) is 10.0 Å². The van der Waals surface area contributed by atoms with E-state index < -0.39 is 16.1 Å². The number of benzene rings is 2. The summed E-state index contributed by atoms with van der Waals surface area (Å²) in [5.74, 6) is 0.213. The Morgan fingerprint density at radius 2 is 1.88 bits per heavy atom. The van der Waals surface area contributed by atoms with E-state index in [0.717, 1.165) is 0 Å². The molecule has 0 saturated heterocycles. The number of halogens is 1. The first-order chi connectivity index (χ1) is 15.7. The molecule has 0 fully saturated rings. The van der Waals surface area contributed by atoms with E-state index in [2.05, 4.69) is 10.6 Å². The van der Waals surface area contributed by atoms with Crippen molar-refractivity contribution in [3.63, 3.8) is 0 Å². The molecule has 33 heavy (non-hydrogen) atoms. The van der Waals surface area contributed by atoms with E-state index in [9.17, 15) is 18.0 Å². The lowest BCUT2D eigenvalue weighted by molar-refractivity contribution is 0.0945. The Kier molecular flexibility index (Phi) is 7.54. The highest BCUT2D eigenvalue weighted by atomic mass is 35.5. The van der Waals surface area contributed by atoms with Crippen LogP contribution in [0.25, 0.3) is 0 Å². The first-order valence-corrected chi connectivity index (χ1v) is 11.8. The second-order valence-electron chi connectivity index (χ2n) is 7.11. The Morgan fingerprint density at radius 3 is 2.55 bits per heavy atom. The Hall–Kier alpha value is -3.18. The summed E-state index contributed by atoms with van der Waals surface area (Å²) >= 11 is 6.01. The lowest BCUT2D eigenvalue weighted by atomic mass is 9.92. The zero-order valence-electron chi connectivity index (χ0n) is 18.2. The van der Waals surface area contributed by atoms with Crippen LogP contribution < -0.4 is 29.6 Å². The summed E-state index contributed by atoms with van der Waals surface area (Å²) in [4.78, 5) is 24.2. The molecule has 0 aromatic heterocycles. The fraction of sp³-hybridized carbons (Fsp3) is 0.333. The van der Waals surface area contributed by atoms with Gasteiger partial charge in [-0.25, -0.2) is 17.9 Å². The third-order valence-electron chi connectivity index (χ3n) is 5.12. The van der Waals surface area contributed by atoms with Crippen LogP contribution >= 0.6 is 11.6 Å². The minimum absolute atomic E-state index is 0.0264. The summed E-state index contributed by atoms with van der Waals surface area (Å²) in [5.41, 5.74) is 0.850. The number of amides is 3. The van der Waals surface area contributed by atoms with Crippen LogP contribution in [0.5, 0.6) is 17.2 Å². The van der Waals surface area contributed by atoms with Crippen LogP contribution in [0.3, 0.4) is 0 Å². The third kappa shape index (κ3) is 5.42. The number of hydrogen-bond acceptors (Lipinski definition) is 7. The molecule has 0 bridgehead atoms. The van der Waals surface area contributed by atoms with E-state index in [1.54, 1.807) is 12.1 Å². The Morgan fingerprint density at radius 1 is 1.15 bits per heavy atom. The fourth-order valence-electron chi connectivity index (χ4n) is 3.45. The van der Waals surface area contributed by atoms with E-state index >= 15 is 0 Å². The molecular weight excluding hydrogens is 474 g/mol. The molecule has 1 atom stereocenters. The van der Waals surface area contributed by atoms with Crippen molar-refractivity contribution in [1.82, 2.24) is 15.4 Å². The highest BCUT2D eigenvalue weighted by Gasteiger charge is 2.29. The van der Waals surface area contributed by atoms with Gasteiger partial charge in [0.2, 0.25) is 0 Å². The number of rotatable bonds is 7. The average Bonchev–Trinajstić information content (AvgIpc) is 2.81.